The molecule has 1 aromatic heterocycles. The van der Waals surface area contributed by atoms with Gasteiger partial charge in [-0.15, -0.1) is 5.10 Å². The molecule has 1 N–H and O–H groups in total. The maximum absolute atomic E-state index is 10.9. The van der Waals surface area contributed by atoms with Gasteiger partial charge in [-0.1, -0.05) is 19.1 Å². The minimum absolute atomic E-state index is 0.436. The van der Waals surface area contributed by atoms with E-state index in [-0.39, 0.29) is 0 Å². The molecule has 7 heteroatoms. The largest absolute Gasteiger partial charge is 0.496 e. The summed E-state index contributed by atoms with van der Waals surface area (Å²) in [5.74, 6) is 0.114. The summed E-state index contributed by atoms with van der Waals surface area (Å²) in [6.45, 7) is 4.08. The number of benzene rings is 1. The fraction of sp³-hybridized carbons (Fsp3) is 0.429. The van der Waals surface area contributed by atoms with Gasteiger partial charge in [-0.3, -0.25) is 4.79 Å². The van der Waals surface area contributed by atoms with Crippen molar-refractivity contribution >= 4 is 5.97 Å². The summed E-state index contributed by atoms with van der Waals surface area (Å²) in [6, 6.07) is 5.73. The number of methoxy groups -OCH3 is 1. The van der Waals surface area contributed by atoms with Crippen molar-refractivity contribution in [3.8, 4) is 17.1 Å². The molecule has 7 nitrogen and oxygen atoms in total. The van der Waals surface area contributed by atoms with E-state index in [0.29, 0.717) is 18.8 Å². The van der Waals surface area contributed by atoms with Crippen molar-refractivity contribution in [2.75, 3.05) is 7.11 Å². The average Bonchev–Trinajstić information content (AvgIpc) is 2.93. The van der Waals surface area contributed by atoms with Crippen LogP contribution in [0.15, 0.2) is 18.2 Å². The molecule has 1 unspecified atom stereocenters. The highest BCUT2D eigenvalue weighted by atomic mass is 16.5. The first kappa shape index (κ1) is 15.0. The smallest absolute Gasteiger partial charge is 0.306 e. The Labute approximate surface area is 122 Å². The lowest BCUT2D eigenvalue weighted by molar-refractivity contribution is -0.141. The molecule has 1 aromatic carbocycles. The number of aryl methyl sites for hydroxylation is 2. The molecular formula is C14H18N4O3. The molecule has 0 amide bonds. The summed E-state index contributed by atoms with van der Waals surface area (Å²) < 4.78 is 6.91. The van der Waals surface area contributed by atoms with Gasteiger partial charge in [0.2, 0.25) is 0 Å². The Morgan fingerprint density at radius 2 is 2.24 bits per heavy atom. The van der Waals surface area contributed by atoms with Crippen LogP contribution in [0.25, 0.3) is 11.4 Å². The second kappa shape index (κ2) is 6.34. The van der Waals surface area contributed by atoms with E-state index in [2.05, 4.69) is 15.5 Å². The van der Waals surface area contributed by atoms with Crippen molar-refractivity contribution in [1.29, 1.82) is 0 Å². The highest BCUT2D eigenvalue weighted by Gasteiger charge is 2.15. The highest BCUT2D eigenvalue weighted by Crippen LogP contribution is 2.25. The van der Waals surface area contributed by atoms with Gasteiger partial charge in [-0.2, -0.15) is 0 Å². The SMILES string of the molecule is COc1cc(-c2nnnn2CCC(C)C(=O)O)ccc1C. The fourth-order valence-corrected chi connectivity index (χ4v) is 1.96. The van der Waals surface area contributed by atoms with Crippen LogP contribution in [0.2, 0.25) is 0 Å². The Balaban J connectivity index is 2.22. The molecule has 0 saturated carbocycles. The second-order valence-electron chi connectivity index (χ2n) is 4.94. The van der Waals surface area contributed by atoms with Crippen molar-refractivity contribution in [1.82, 2.24) is 20.2 Å². The normalized spacial score (nSPS) is 12.1. The van der Waals surface area contributed by atoms with Crippen LogP contribution in [-0.2, 0) is 11.3 Å². The van der Waals surface area contributed by atoms with E-state index in [0.717, 1.165) is 16.9 Å². The number of hydrogen-bond acceptors (Lipinski definition) is 5. The zero-order valence-corrected chi connectivity index (χ0v) is 12.3. The standard InChI is InChI=1S/C14H18N4O3/c1-9-4-5-11(8-12(9)21-3)13-15-16-17-18(13)7-6-10(2)14(19)20/h4-5,8,10H,6-7H2,1-3H3,(H,19,20). The third-order valence-electron chi connectivity index (χ3n) is 3.39. The van der Waals surface area contributed by atoms with Crippen molar-refractivity contribution in [2.24, 2.45) is 5.92 Å². The first-order chi connectivity index (χ1) is 10.0. The summed E-state index contributed by atoms with van der Waals surface area (Å²) in [5, 5.41) is 20.5. The van der Waals surface area contributed by atoms with Crippen LogP contribution in [0.5, 0.6) is 5.75 Å². The number of aliphatic carboxylic acids is 1. The van der Waals surface area contributed by atoms with Gasteiger partial charge in [0.05, 0.1) is 13.0 Å². The lowest BCUT2D eigenvalue weighted by atomic mass is 10.1. The Bertz CT molecular complexity index is 639. The summed E-state index contributed by atoms with van der Waals surface area (Å²) in [7, 11) is 1.61. The Morgan fingerprint density at radius 1 is 1.48 bits per heavy atom. The molecule has 0 aliphatic rings. The quantitative estimate of drug-likeness (QED) is 0.872. The molecular weight excluding hydrogens is 272 g/mol. The first-order valence-corrected chi connectivity index (χ1v) is 6.67. The predicted octanol–water partition coefficient (Wildman–Crippen LogP) is 1.77. The number of ether oxygens (including phenoxy) is 1. The van der Waals surface area contributed by atoms with Gasteiger partial charge in [-0.05, 0) is 35.4 Å². The number of carboxylic acid groups (broad SMARTS) is 1. The fourth-order valence-electron chi connectivity index (χ4n) is 1.96. The van der Waals surface area contributed by atoms with Crippen molar-refractivity contribution in [2.45, 2.75) is 26.8 Å². The number of aromatic nitrogens is 4. The zero-order valence-electron chi connectivity index (χ0n) is 12.3. The minimum Gasteiger partial charge on any atom is -0.496 e. The predicted molar refractivity (Wildman–Crippen MR) is 76.0 cm³/mol. The number of tetrazole rings is 1. The van der Waals surface area contributed by atoms with Gasteiger partial charge in [0.1, 0.15) is 5.75 Å². The van der Waals surface area contributed by atoms with E-state index < -0.39 is 11.9 Å². The third-order valence-corrected chi connectivity index (χ3v) is 3.39. The molecule has 0 spiro atoms. The maximum Gasteiger partial charge on any atom is 0.306 e. The van der Waals surface area contributed by atoms with Crippen LogP contribution in [-0.4, -0.2) is 38.4 Å². The summed E-state index contributed by atoms with van der Waals surface area (Å²) >= 11 is 0. The Morgan fingerprint density at radius 3 is 2.90 bits per heavy atom. The van der Waals surface area contributed by atoms with Crippen LogP contribution in [0.4, 0.5) is 0 Å². The van der Waals surface area contributed by atoms with Crippen LogP contribution in [0, 0.1) is 12.8 Å². The number of nitrogens with zero attached hydrogens (tertiary/aromatic N) is 4. The van der Waals surface area contributed by atoms with Crippen LogP contribution in [0.3, 0.4) is 0 Å². The summed E-state index contributed by atoms with van der Waals surface area (Å²) in [6.07, 6.45) is 0.469. The van der Waals surface area contributed by atoms with Crippen molar-refractivity contribution in [3.63, 3.8) is 0 Å². The van der Waals surface area contributed by atoms with Gasteiger partial charge in [0.25, 0.3) is 0 Å². The minimum atomic E-state index is -0.818. The van der Waals surface area contributed by atoms with E-state index in [1.54, 1.807) is 18.7 Å². The molecule has 1 atom stereocenters. The molecule has 112 valence electrons. The molecule has 2 aromatic rings. The monoisotopic (exact) mass is 290 g/mol. The van der Waals surface area contributed by atoms with E-state index in [9.17, 15) is 4.79 Å². The van der Waals surface area contributed by atoms with E-state index >= 15 is 0 Å². The molecule has 21 heavy (non-hydrogen) atoms. The highest BCUT2D eigenvalue weighted by molar-refractivity contribution is 5.69. The second-order valence-corrected chi connectivity index (χ2v) is 4.94. The van der Waals surface area contributed by atoms with Crippen molar-refractivity contribution < 1.29 is 14.6 Å². The Hall–Kier alpha value is -2.44. The maximum atomic E-state index is 10.9. The van der Waals surface area contributed by atoms with Crippen LogP contribution >= 0.6 is 0 Å². The molecule has 1 heterocycles. The van der Waals surface area contributed by atoms with Gasteiger partial charge in [-0.25, -0.2) is 4.68 Å². The topological polar surface area (TPSA) is 90.1 Å². The number of rotatable bonds is 6. The van der Waals surface area contributed by atoms with Gasteiger partial charge in [0, 0.05) is 12.1 Å². The van der Waals surface area contributed by atoms with Gasteiger partial charge >= 0.3 is 5.97 Å². The molecule has 0 fully saturated rings. The molecule has 0 radical (unpaired) electrons. The van der Waals surface area contributed by atoms with Gasteiger partial charge < -0.3 is 9.84 Å². The summed E-state index contributed by atoms with van der Waals surface area (Å²) in [5.41, 5.74) is 1.87. The summed E-state index contributed by atoms with van der Waals surface area (Å²) in [4.78, 5) is 10.9. The molecule has 0 aliphatic carbocycles. The number of hydrogen-bond donors (Lipinski definition) is 1. The van der Waals surface area contributed by atoms with E-state index in [1.165, 1.54) is 0 Å². The molecule has 2 rings (SSSR count). The number of carbonyl (C=O) groups is 1. The molecule has 0 saturated heterocycles. The van der Waals surface area contributed by atoms with E-state index in [4.69, 9.17) is 9.84 Å². The lowest BCUT2D eigenvalue weighted by Gasteiger charge is -2.09. The third kappa shape index (κ3) is 3.36. The lowest BCUT2D eigenvalue weighted by Crippen LogP contribution is -2.14. The van der Waals surface area contributed by atoms with Gasteiger partial charge in [0.15, 0.2) is 5.82 Å². The van der Waals surface area contributed by atoms with Crippen LogP contribution < -0.4 is 4.74 Å². The molecule has 0 aliphatic heterocycles. The molecule has 0 bridgehead atoms. The Kier molecular flexibility index (Phi) is 4.52. The average molecular weight is 290 g/mol. The zero-order chi connectivity index (χ0) is 15.4. The van der Waals surface area contributed by atoms with Crippen molar-refractivity contribution in [3.05, 3.63) is 23.8 Å². The van der Waals surface area contributed by atoms with Crippen LogP contribution in [0.1, 0.15) is 18.9 Å². The van der Waals surface area contributed by atoms with E-state index in [1.807, 2.05) is 25.1 Å². The number of carboxylic acids is 1. The first-order valence-electron chi connectivity index (χ1n) is 6.67.